The van der Waals surface area contributed by atoms with Crippen molar-refractivity contribution in [2.75, 3.05) is 5.75 Å². The van der Waals surface area contributed by atoms with Crippen LogP contribution < -0.4 is 0 Å². The van der Waals surface area contributed by atoms with Crippen LogP contribution in [-0.2, 0) is 14.6 Å². The fraction of sp³-hybridized carbons (Fsp3) is 0.875. The van der Waals surface area contributed by atoms with E-state index in [0.29, 0.717) is 0 Å². The third kappa shape index (κ3) is 3.38. The minimum absolute atomic E-state index is 0.0231. The average Bonchev–Trinajstić information content (AvgIpc) is 2.00. The predicted octanol–water partition coefficient (Wildman–Crippen LogP) is 1.76. The molecule has 0 aromatic heterocycles. The molecular weight excluding hydrogens is 256 g/mol. The topological polar surface area (TPSA) is 51.2 Å². The van der Waals surface area contributed by atoms with Gasteiger partial charge in [0.05, 0.1) is 0 Å². The van der Waals surface area contributed by atoms with Gasteiger partial charge in [-0.25, -0.2) is 8.42 Å². The quantitative estimate of drug-likeness (QED) is 0.735. The molecule has 0 rings (SSSR count). The highest BCUT2D eigenvalue weighted by atomic mass is 79.9. The summed E-state index contributed by atoms with van der Waals surface area (Å²) in [6.07, 6.45) is 0. The molecule has 0 aromatic carbocycles. The number of hydrogen-bond donors (Lipinski definition) is 0. The second-order valence-corrected chi connectivity index (χ2v) is 7.78. The van der Waals surface area contributed by atoms with Crippen LogP contribution in [0.2, 0.25) is 0 Å². The van der Waals surface area contributed by atoms with Crippen molar-refractivity contribution in [2.24, 2.45) is 5.41 Å². The summed E-state index contributed by atoms with van der Waals surface area (Å²) in [5.41, 5.74) is -0.629. The minimum atomic E-state index is -3.31. The van der Waals surface area contributed by atoms with Crippen molar-refractivity contribution in [2.45, 2.75) is 31.9 Å². The Labute approximate surface area is 87.9 Å². The predicted molar refractivity (Wildman–Crippen MR) is 56.6 cm³/mol. The van der Waals surface area contributed by atoms with E-state index in [1.54, 1.807) is 20.8 Å². The fourth-order valence-corrected chi connectivity index (χ4v) is 3.10. The molecule has 1 atom stereocenters. The van der Waals surface area contributed by atoms with Gasteiger partial charge >= 0.3 is 0 Å². The van der Waals surface area contributed by atoms with E-state index in [1.165, 1.54) is 6.92 Å². The molecule has 78 valence electrons. The molecule has 3 nitrogen and oxygen atoms in total. The van der Waals surface area contributed by atoms with Gasteiger partial charge in [-0.15, -0.1) is 0 Å². The van der Waals surface area contributed by atoms with E-state index in [-0.39, 0.29) is 11.5 Å². The van der Waals surface area contributed by atoms with Crippen molar-refractivity contribution in [1.82, 2.24) is 0 Å². The molecule has 0 N–H and O–H groups in total. The second-order valence-electron chi connectivity index (χ2n) is 3.88. The van der Waals surface area contributed by atoms with Gasteiger partial charge in [-0.2, -0.15) is 0 Å². The Morgan fingerprint density at radius 1 is 1.38 bits per heavy atom. The highest BCUT2D eigenvalue weighted by Crippen LogP contribution is 2.24. The molecule has 0 unspecified atom stereocenters. The lowest BCUT2D eigenvalue weighted by atomic mass is 9.92. The Morgan fingerprint density at radius 2 is 1.77 bits per heavy atom. The van der Waals surface area contributed by atoms with Gasteiger partial charge in [-0.1, -0.05) is 43.6 Å². The maximum Gasteiger partial charge on any atom is 0.175 e. The molecule has 0 aromatic rings. The van der Waals surface area contributed by atoms with Crippen LogP contribution in [0.4, 0.5) is 0 Å². The van der Waals surface area contributed by atoms with Gasteiger partial charge < -0.3 is 0 Å². The number of ketones is 1. The first-order valence-corrected chi connectivity index (χ1v) is 6.66. The van der Waals surface area contributed by atoms with Crippen LogP contribution in [0.15, 0.2) is 0 Å². The summed E-state index contributed by atoms with van der Waals surface area (Å²) in [5.74, 6) is -0.320. The molecule has 0 aliphatic carbocycles. The number of rotatable bonds is 3. The first-order valence-electron chi connectivity index (χ1n) is 4.03. The maximum atomic E-state index is 11.5. The molecular formula is C8H15BrO3S. The minimum Gasteiger partial charge on any atom is -0.297 e. The number of sulfone groups is 1. The van der Waals surface area contributed by atoms with Crippen molar-refractivity contribution < 1.29 is 13.2 Å². The van der Waals surface area contributed by atoms with Crippen molar-refractivity contribution >= 4 is 31.6 Å². The monoisotopic (exact) mass is 270 g/mol. The van der Waals surface area contributed by atoms with Gasteiger partial charge in [0.25, 0.3) is 0 Å². The van der Waals surface area contributed by atoms with Crippen LogP contribution in [0, 0.1) is 5.41 Å². The van der Waals surface area contributed by atoms with E-state index < -0.39 is 19.4 Å². The number of halogens is 1. The number of alkyl halides is 1. The summed E-state index contributed by atoms with van der Waals surface area (Å²) in [7, 11) is -3.31. The van der Waals surface area contributed by atoms with E-state index >= 15 is 0 Å². The summed E-state index contributed by atoms with van der Waals surface area (Å²) < 4.78 is 21.6. The van der Waals surface area contributed by atoms with Crippen LogP contribution in [0.25, 0.3) is 0 Å². The van der Waals surface area contributed by atoms with E-state index in [0.717, 1.165) is 0 Å². The molecule has 0 heterocycles. The van der Waals surface area contributed by atoms with Crippen LogP contribution in [0.3, 0.4) is 0 Å². The van der Waals surface area contributed by atoms with Gasteiger partial charge in [0.2, 0.25) is 0 Å². The van der Waals surface area contributed by atoms with E-state index in [1.807, 2.05) is 0 Å². The molecule has 13 heavy (non-hydrogen) atoms. The molecule has 0 aliphatic heterocycles. The largest absolute Gasteiger partial charge is 0.297 e. The maximum absolute atomic E-state index is 11.5. The zero-order valence-corrected chi connectivity index (χ0v) is 10.7. The molecule has 0 spiro atoms. The molecule has 5 heteroatoms. The van der Waals surface area contributed by atoms with Gasteiger partial charge in [0.15, 0.2) is 19.8 Å². The van der Waals surface area contributed by atoms with Crippen LogP contribution in [-0.4, -0.2) is 24.1 Å². The van der Waals surface area contributed by atoms with E-state index in [9.17, 15) is 13.2 Å². The third-order valence-corrected chi connectivity index (χ3v) is 5.44. The summed E-state index contributed by atoms with van der Waals surface area (Å²) in [4.78, 5) is 11.5. The molecule has 0 bridgehead atoms. The van der Waals surface area contributed by atoms with Crippen molar-refractivity contribution in [1.29, 1.82) is 0 Å². The lowest BCUT2D eigenvalue weighted by molar-refractivity contribution is -0.124. The first-order chi connectivity index (χ1) is 5.63. The Hall–Kier alpha value is 0.1000. The number of Topliss-reactive ketones (excluding diaryl/α,β-unsaturated/α-hetero) is 1. The van der Waals surface area contributed by atoms with Crippen LogP contribution in [0.5, 0.6) is 0 Å². The highest BCUT2D eigenvalue weighted by molar-refractivity contribution is 9.11. The Bertz CT molecular complexity index is 287. The zero-order chi connectivity index (χ0) is 10.9. The van der Waals surface area contributed by atoms with Gasteiger partial charge in [0.1, 0.15) is 0 Å². The molecule has 0 amide bonds. The lowest BCUT2D eigenvalue weighted by Crippen LogP contribution is -2.34. The molecule has 0 radical (unpaired) electrons. The third-order valence-electron chi connectivity index (χ3n) is 1.66. The van der Waals surface area contributed by atoms with E-state index in [4.69, 9.17) is 0 Å². The van der Waals surface area contributed by atoms with Gasteiger partial charge in [-0.3, -0.25) is 4.79 Å². The van der Waals surface area contributed by atoms with Crippen LogP contribution >= 0.6 is 15.9 Å². The number of hydrogen-bond acceptors (Lipinski definition) is 3. The first kappa shape index (κ1) is 13.1. The molecule has 0 saturated carbocycles. The normalized spacial score (nSPS) is 15.5. The van der Waals surface area contributed by atoms with E-state index in [2.05, 4.69) is 15.9 Å². The van der Waals surface area contributed by atoms with Crippen molar-refractivity contribution in [3.63, 3.8) is 0 Å². The molecule has 0 saturated heterocycles. The summed E-state index contributed by atoms with van der Waals surface area (Å²) in [5, 5.41) is 0. The lowest BCUT2D eigenvalue weighted by Gasteiger charge is -2.20. The summed E-state index contributed by atoms with van der Waals surface area (Å²) in [6.45, 7) is 6.64. The highest BCUT2D eigenvalue weighted by Gasteiger charge is 2.35. The Balaban J connectivity index is 4.84. The standard InChI is InChI=1S/C8H15BrO3S/c1-5-13(11,12)7(9)6(10)8(2,3)4/h7H,5H2,1-4H3/t7-/m0/s1. The van der Waals surface area contributed by atoms with Gasteiger partial charge in [-0.05, 0) is 0 Å². The van der Waals surface area contributed by atoms with Crippen molar-refractivity contribution in [3.05, 3.63) is 0 Å². The molecule has 0 fully saturated rings. The zero-order valence-electron chi connectivity index (χ0n) is 8.30. The average molecular weight is 271 g/mol. The summed E-state index contributed by atoms with van der Waals surface area (Å²) in [6, 6.07) is 0. The van der Waals surface area contributed by atoms with Crippen molar-refractivity contribution in [3.8, 4) is 0 Å². The van der Waals surface area contributed by atoms with Crippen LogP contribution in [0.1, 0.15) is 27.7 Å². The molecule has 0 aliphatic rings. The smallest absolute Gasteiger partial charge is 0.175 e. The second kappa shape index (κ2) is 4.09. The van der Waals surface area contributed by atoms with Gasteiger partial charge in [0, 0.05) is 11.2 Å². The fourth-order valence-electron chi connectivity index (χ4n) is 0.650. The summed E-state index contributed by atoms with van der Waals surface area (Å²) >= 11 is 2.92. The Kier molecular flexibility index (Phi) is 4.12. The SMILES string of the molecule is CCS(=O)(=O)[C@H](Br)C(=O)C(C)(C)C. The Morgan fingerprint density at radius 3 is 2.00 bits per heavy atom. The number of carbonyl (C=O) groups is 1. The number of carbonyl (C=O) groups excluding carboxylic acids is 1.